The van der Waals surface area contributed by atoms with E-state index < -0.39 is 22.9 Å². The van der Waals surface area contributed by atoms with Gasteiger partial charge in [-0.05, 0) is 38.0 Å². The second kappa shape index (κ2) is 7.20. The average molecular weight is 388 g/mol. The summed E-state index contributed by atoms with van der Waals surface area (Å²) in [6.45, 7) is 1.67. The number of rotatable bonds is 6. The zero-order valence-electron chi connectivity index (χ0n) is 13.1. The Hall–Kier alpha value is -1.81. The number of benzene rings is 1. The highest BCUT2D eigenvalue weighted by Gasteiger charge is 2.30. The molecule has 1 aliphatic rings. The molecule has 1 aromatic heterocycles. The van der Waals surface area contributed by atoms with E-state index in [0.29, 0.717) is 10.4 Å². The van der Waals surface area contributed by atoms with Crippen LogP contribution in [-0.4, -0.2) is 27.4 Å². The molecule has 1 atom stereocenters. The number of anilines is 2. The van der Waals surface area contributed by atoms with Crippen molar-refractivity contribution in [3.63, 3.8) is 0 Å². The van der Waals surface area contributed by atoms with Crippen LogP contribution in [-0.2, 0) is 11.0 Å². The van der Waals surface area contributed by atoms with Gasteiger partial charge in [-0.25, -0.2) is 0 Å². The molecule has 3 rings (SSSR count). The number of halogens is 3. The van der Waals surface area contributed by atoms with Crippen LogP contribution in [0.1, 0.15) is 25.3 Å². The first-order valence-electron chi connectivity index (χ1n) is 7.56. The van der Waals surface area contributed by atoms with Gasteiger partial charge in [0.15, 0.2) is 4.34 Å². The monoisotopic (exact) mass is 388 g/mol. The molecule has 134 valence electrons. The minimum atomic E-state index is -4.45. The number of aromatic nitrogens is 2. The molecule has 0 bridgehead atoms. The van der Waals surface area contributed by atoms with E-state index in [-0.39, 0.29) is 5.69 Å². The van der Waals surface area contributed by atoms with Gasteiger partial charge < -0.3 is 10.6 Å². The summed E-state index contributed by atoms with van der Waals surface area (Å²) in [5.41, 5.74) is -0.689. The lowest BCUT2D eigenvalue weighted by atomic mass is 10.2. The molecule has 0 aliphatic heterocycles. The fourth-order valence-corrected chi connectivity index (χ4v) is 3.91. The highest BCUT2D eigenvalue weighted by Crippen LogP contribution is 2.33. The number of nitrogens with zero attached hydrogens (tertiary/aromatic N) is 2. The van der Waals surface area contributed by atoms with E-state index in [2.05, 4.69) is 20.8 Å². The van der Waals surface area contributed by atoms with Gasteiger partial charge >= 0.3 is 6.18 Å². The summed E-state index contributed by atoms with van der Waals surface area (Å²) in [5.74, 6) is -0.392. The second-order valence-corrected chi connectivity index (χ2v) is 8.19. The highest BCUT2D eigenvalue weighted by molar-refractivity contribution is 8.02. The first-order chi connectivity index (χ1) is 11.8. The molecule has 1 unspecified atom stereocenters. The first-order valence-corrected chi connectivity index (χ1v) is 9.26. The molecule has 2 N–H and O–H groups in total. The van der Waals surface area contributed by atoms with Crippen LogP contribution in [0.4, 0.5) is 24.0 Å². The summed E-state index contributed by atoms with van der Waals surface area (Å²) in [7, 11) is 0. The molecular formula is C15H15F3N4OS2. The van der Waals surface area contributed by atoms with Crippen LogP contribution in [0.25, 0.3) is 0 Å². The minimum Gasteiger partial charge on any atom is -0.357 e. The lowest BCUT2D eigenvalue weighted by Gasteiger charge is -2.12. The Morgan fingerprint density at radius 1 is 1.36 bits per heavy atom. The smallest absolute Gasteiger partial charge is 0.357 e. The maximum Gasteiger partial charge on any atom is 0.416 e. The number of hydrogen-bond donors (Lipinski definition) is 2. The van der Waals surface area contributed by atoms with Crippen molar-refractivity contribution in [2.45, 2.75) is 41.6 Å². The van der Waals surface area contributed by atoms with Gasteiger partial charge in [-0.3, -0.25) is 4.79 Å². The largest absolute Gasteiger partial charge is 0.416 e. The summed E-state index contributed by atoms with van der Waals surface area (Å²) < 4.78 is 38.8. The molecule has 1 aliphatic carbocycles. The van der Waals surface area contributed by atoms with Gasteiger partial charge in [0.25, 0.3) is 0 Å². The van der Waals surface area contributed by atoms with Crippen LogP contribution in [0.5, 0.6) is 0 Å². The lowest BCUT2D eigenvalue weighted by Crippen LogP contribution is -2.22. The van der Waals surface area contributed by atoms with E-state index in [4.69, 9.17) is 0 Å². The van der Waals surface area contributed by atoms with Crippen molar-refractivity contribution in [1.82, 2.24) is 10.2 Å². The molecular weight excluding hydrogens is 373 g/mol. The average Bonchev–Trinajstić information content (AvgIpc) is 3.25. The van der Waals surface area contributed by atoms with Crippen molar-refractivity contribution in [3.05, 3.63) is 29.8 Å². The maximum atomic E-state index is 12.7. The van der Waals surface area contributed by atoms with Crippen molar-refractivity contribution in [1.29, 1.82) is 0 Å². The normalized spacial score (nSPS) is 15.7. The lowest BCUT2D eigenvalue weighted by molar-refractivity contribution is -0.137. The van der Waals surface area contributed by atoms with Gasteiger partial charge in [0.2, 0.25) is 11.0 Å². The second-order valence-electron chi connectivity index (χ2n) is 5.62. The van der Waals surface area contributed by atoms with Crippen LogP contribution in [0.2, 0.25) is 0 Å². The summed E-state index contributed by atoms with van der Waals surface area (Å²) in [5, 5.41) is 14.0. The van der Waals surface area contributed by atoms with Crippen LogP contribution in [0.15, 0.2) is 28.6 Å². The van der Waals surface area contributed by atoms with Crippen molar-refractivity contribution >= 4 is 39.8 Å². The van der Waals surface area contributed by atoms with E-state index >= 15 is 0 Å². The SMILES string of the molecule is CC(Sc1nnc(NC2CC2)s1)C(=O)Nc1cccc(C(F)(F)F)c1. The molecule has 0 spiro atoms. The van der Waals surface area contributed by atoms with E-state index in [9.17, 15) is 18.0 Å². The number of carbonyl (C=O) groups excluding carboxylic acids is 1. The molecule has 0 radical (unpaired) electrons. The molecule has 0 saturated heterocycles. The number of nitrogens with one attached hydrogen (secondary N) is 2. The van der Waals surface area contributed by atoms with E-state index in [1.165, 1.54) is 35.2 Å². The van der Waals surface area contributed by atoms with E-state index in [1.807, 2.05) is 0 Å². The van der Waals surface area contributed by atoms with Crippen molar-refractivity contribution in [2.75, 3.05) is 10.6 Å². The Bertz CT molecular complexity index is 761. The van der Waals surface area contributed by atoms with Crippen LogP contribution in [0, 0.1) is 0 Å². The Labute approximate surface area is 150 Å². The fourth-order valence-electron chi connectivity index (χ4n) is 1.94. The molecule has 1 saturated carbocycles. The number of amides is 1. The zero-order chi connectivity index (χ0) is 18.0. The van der Waals surface area contributed by atoms with Gasteiger partial charge in [0, 0.05) is 11.7 Å². The number of carbonyl (C=O) groups is 1. The molecule has 2 aromatic rings. The summed E-state index contributed by atoms with van der Waals surface area (Å²) in [6, 6.07) is 5.03. The predicted octanol–water partition coefficient (Wildman–Crippen LogP) is 4.25. The van der Waals surface area contributed by atoms with Crippen LogP contribution >= 0.6 is 23.1 Å². The predicted molar refractivity (Wildman–Crippen MR) is 91.9 cm³/mol. The van der Waals surface area contributed by atoms with Gasteiger partial charge in [0.1, 0.15) is 0 Å². The Morgan fingerprint density at radius 3 is 2.80 bits per heavy atom. The van der Waals surface area contributed by atoms with Crippen molar-refractivity contribution < 1.29 is 18.0 Å². The minimum absolute atomic E-state index is 0.112. The van der Waals surface area contributed by atoms with E-state index in [1.54, 1.807) is 6.92 Å². The molecule has 1 fully saturated rings. The zero-order valence-corrected chi connectivity index (χ0v) is 14.8. The third kappa shape index (κ3) is 5.08. The third-order valence-corrected chi connectivity index (χ3v) is 5.45. The highest BCUT2D eigenvalue weighted by atomic mass is 32.2. The molecule has 1 aromatic carbocycles. The quantitative estimate of drug-likeness (QED) is 0.724. The molecule has 25 heavy (non-hydrogen) atoms. The molecule has 5 nitrogen and oxygen atoms in total. The van der Waals surface area contributed by atoms with Crippen molar-refractivity contribution in [3.8, 4) is 0 Å². The molecule has 1 heterocycles. The first kappa shape index (κ1) is 18.0. The van der Waals surface area contributed by atoms with Crippen molar-refractivity contribution in [2.24, 2.45) is 0 Å². The van der Waals surface area contributed by atoms with Gasteiger partial charge in [-0.1, -0.05) is 29.2 Å². The Balaban J connectivity index is 1.58. The fraction of sp³-hybridized carbons (Fsp3) is 0.400. The topological polar surface area (TPSA) is 66.9 Å². The number of hydrogen-bond acceptors (Lipinski definition) is 6. The standard InChI is InChI=1S/C15H15F3N4OS2/c1-8(24-14-22-21-13(25-14)20-10-5-6-10)12(23)19-11-4-2-3-9(7-11)15(16,17)18/h2-4,7-8,10H,5-6H2,1H3,(H,19,23)(H,20,21). The van der Waals surface area contributed by atoms with Gasteiger partial charge in [-0.2, -0.15) is 13.2 Å². The molecule has 1 amide bonds. The van der Waals surface area contributed by atoms with Gasteiger partial charge in [-0.15, -0.1) is 10.2 Å². The summed E-state index contributed by atoms with van der Waals surface area (Å²) in [6.07, 6.45) is -2.20. The molecule has 10 heteroatoms. The third-order valence-electron chi connectivity index (χ3n) is 3.42. The summed E-state index contributed by atoms with van der Waals surface area (Å²) >= 11 is 2.58. The maximum absolute atomic E-state index is 12.7. The van der Waals surface area contributed by atoms with Crippen LogP contribution in [0.3, 0.4) is 0 Å². The Morgan fingerprint density at radius 2 is 2.12 bits per heavy atom. The van der Waals surface area contributed by atoms with Crippen LogP contribution < -0.4 is 10.6 Å². The van der Waals surface area contributed by atoms with E-state index in [0.717, 1.165) is 30.1 Å². The Kier molecular flexibility index (Phi) is 5.19. The van der Waals surface area contributed by atoms with Gasteiger partial charge in [0.05, 0.1) is 10.8 Å². The summed E-state index contributed by atoms with van der Waals surface area (Å²) in [4.78, 5) is 12.2. The number of thioether (sulfide) groups is 1. The number of alkyl halides is 3.